The molecule has 9 nitrogen and oxygen atoms in total. The number of hydrogen-bond acceptors (Lipinski definition) is 8. The molecule has 2 saturated heterocycles. The van der Waals surface area contributed by atoms with Crippen LogP contribution in [0, 0.1) is 6.92 Å². The molecule has 1 amide bonds. The fraction of sp³-hybridized carbons (Fsp3) is 0.385. The van der Waals surface area contributed by atoms with E-state index in [0.717, 1.165) is 28.7 Å². The van der Waals surface area contributed by atoms with E-state index in [2.05, 4.69) is 15.3 Å². The van der Waals surface area contributed by atoms with Gasteiger partial charge in [0.25, 0.3) is 12.3 Å². The summed E-state index contributed by atoms with van der Waals surface area (Å²) >= 11 is 0. The normalized spacial score (nSPS) is 17.0. The third-order valence-electron chi connectivity index (χ3n) is 6.46. The Kier molecular flexibility index (Phi) is 6.74. The minimum Gasteiger partial charge on any atom is -0.386 e. The molecule has 194 valence electrons. The molecular weight excluding hydrogens is 482 g/mol. The van der Waals surface area contributed by atoms with Crippen LogP contribution in [0.3, 0.4) is 0 Å². The molecule has 2 fully saturated rings. The molecule has 0 saturated carbocycles. The van der Waals surface area contributed by atoms with E-state index in [9.17, 15) is 18.7 Å². The molecule has 11 heteroatoms. The summed E-state index contributed by atoms with van der Waals surface area (Å²) in [6.07, 6.45) is 0.123. The van der Waals surface area contributed by atoms with Crippen molar-refractivity contribution in [2.24, 2.45) is 0 Å². The largest absolute Gasteiger partial charge is 0.386 e. The molecule has 5 rings (SSSR count). The van der Waals surface area contributed by atoms with Gasteiger partial charge in [0.2, 0.25) is 0 Å². The van der Waals surface area contributed by atoms with Crippen LogP contribution in [-0.2, 0) is 4.74 Å². The van der Waals surface area contributed by atoms with Crippen molar-refractivity contribution < 1.29 is 23.4 Å². The van der Waals surface area contributed by atoms with Crippen LogP contribution in [-0.4, -0.2) is 71.0 Å². The molecule has 0 atom stereocenters. The van der Waals surface area contributed by atoms with Gasteiger partial charge < -0.3 is 25.0 Å². The lowest BCUT2D eigenvalue weighted by molar-refractivity contribution is 0.0305. The van der Waals surface area contributed by atoms with Crippen LogP contribution in [0.1, 0.15) is 35.1 Å². The van der Waals surface area contributed by atoms with Crippen LogP contribution in [0.5, 0.6) is 0 Å². The van der Waals surface area contributed by atoms with Crippen molar-refractivity contribution in [1.82, 2.24) is 15.0 Å². The molecule has 0 spiro atoms. The number of alkyl halides is 2. The van der Waals surface area contributed by atoms with Crippen LogP contribution < -0.4 is 15.1 Å². The Morgan fingerprint density at radius 3 is 2.54 bits per heavy atom. The smallest absolute Gasteiger partial charge is 0.280 e. The van der Waals surface area contributed by atoms with E-state index < -0.39 is 23.6 Å². The number of nitrogens with one attached hydrogen (secondary N) is 1. The minimum atomic E-state index is -2.78. The maximum absolute atomic E-state index is 13.1. The highest BCUT2D eigenvalue weighted by molar-refractivity contribution is 6.06. The Morgan fingerprint density at radius 1 is 1.11 bits per heavy atom. The lowest BCUT2D eigenvalue weighted by Gasteiger charge is -2.45. The average Bonchev–Trinajstić information content (AvgIpc) is 2.88. The van der Waals surface area contributed by atoms with Gasteiger partial charge in [0, 0.05) is 55.4 Å². The SMILES string of the molecule is Cc1nc(N2CCOCC2)c(NC(=O)c2ccnc(C(F)F)c2)cc1-c1ccnc(N2CC(C)(O)C2)c1. The van der Waals surface area contributed by atoms with Crippen LogP contribution in [0.25, 0.3) is 11.1 Å². The summed E-state index contributed by atoms with van der Waals surface area (Å²) in [5.74, 6) is 0.797. The van der Waals surface area contributed by atoms with Crippen molar-refractivity contribution >= 4 is 23.2 Å². The molecule has 0 radical (unpaired) electrons. The lowest BCUT2D eigenvalue weighted by Crippen LogP contribution is -2.60. The number of hydrogen-bond donors (Lipinski definition) is 2. The van der Waals surface area contributed by atoms with Crippen molar-refractivity contribution in [1.29, 1.82) is 0 Å². The topological polar surface area (TPSA) is 104 Å². The molecule has 2 aliphatic heterocycles. The molecule has 3 aromatic heterocycles. The number of aliphatic hydroxyl groups is 1. The summed E-state index contributed by atoms with van der Waals surface area (Å²) < 4.78 is 31.8. The zero-order valence-corrected chi connectivity index (χ0v) is 20.6. The zero-order valence-electron chi connectivity index (χ0n) is 20.6. The second-order valence-electron chi connectivity index (χ2n) is 9.57. The van der Waals surface area contributed by atoms with Crippen LogP contribution in [0.4, 0.5) is 26.1 Å². The number of β-amino-alcohol motifs (C(OH)–C–C–N with tert-alkyl or cyclic N) is 1. The van der Waals surface area contributed by atoms with E-state index >= 15 is 0 Å². The number of pyridine rings is 3. The van der Waals surface area contributed by atoms with Gasteiger partial charge in [-0.05, 0) is 49.7 Å². The summed E-state index contributed by atoms with van der Waals surface area (Å²) in [6, 6.07) is 8.13. The maximum Gasteiger partial charge on any atom is 0.280 e. The Morgan fingerprint density at radius 2 is 1.84 bits per heavy atom. The van der Waals surface area contributed by atoms with E-state index in [0.29, 0.717) is 50.9 Å². The quantitative estimate of drug-likeness (QED) is 0.520. The highest BCUT2D eigenvalue weighted by Gasteiger charge is 2.37. The first-order chi connectivity index (χ1) is 17.7. The van der Waals surface area contributed by atoms with Crippen LogP contribution >= 0.6 is 0 Å². The predicted octanol–water partition coefficient (Wildman–Crippen LogP) is 3.44. The Bertz CT molecular complexity index is 1310. The fourth-order valence-corrected chi connectivity index (χ4v) is 4.59. The van der Waals surface area contributed by atoms with Crippen molar-refractivity contribution in [3.05, 3.63) is 59.7 Å². The Hall–Kier alpha value is -3.70. The van der Waals surface area contributed by atoms with Gasteiger partial charge in [-0.15, -0.1) is 0 Å². The number of anilines is 3. The maximum atomic E-state index is 13.1. The van der Waals surface area contributed by atoms with E-state index in [1.54, 1.807) is 13.1 Å². The first kappa shape index (κ1) is 25.0. The van der Waals surface area contributed by atoms with Crippen LogP contribution in [0.2, 0.25) is 0 Å². The number of rotatable bonds is 6. The van der Waals surface area contributed by atoms with E-state index in [1.165, 1.54) is 12.3 Å². The molecule has 37 heavy (non-hydrogen) atoms. The van der Waals surface area contributed by atoms with Crippen molar-refractivity contribution in [2.75, 3.05) is 54.5 Å². The van der Waals surface area contributed by atoms with Gasteiger partial charge in [-0.1, -0.05) is 0 Å². The highest BCUT2D eigenvalue weighted by Crippen LogP contribution is 2.35. The van der Waals surface area contributed by atoms with Gasteiger partial charge in [0.15, 0.2) is 5.82 Å². The molecule has 2 aliphatic rings. The molecule has 0 bridgehead atoms. The number of morpholine rings is 1. The zero-order chi connectivity index (χ0) is 26.2. The van der Waals surface area contributed by atoms with Gasteiger partial charge in [0.1, 0.15) is 11.5 Å². The van der Waals surface area contributed by atoms with Gasteiger partial charge >= 0.3 is 0 Å². The second-order valence-corrected chi connectivity index (χ2v) is 9.57. The van der Waals surface area contributed by atoms with Crippen molar-refractivity contribution in [3.63, 3.8) is 0 Å². The standard InChI is InChI=1S/C26H28F2N6O3/c1-16-19(17-3-6-30-22(12-17)34-14-26(2,36)15-34)13-21(24(31-16)33-7-9-37-10-8-33)32-25(35)18-4-5-29-20(11-18)23(27)28/h3-6,11-13,23,36H,7-10,14-15H2,1-2H3,(H,32,35). The average molecular weight is 511 g/mol. The van der Waals surface area contributed by atoms with Gasteiger partial charge in [-0.2, -0.15) is 0 Å². The minimum absolute atomic E-state index is 0.0800. The second kappa shape index (κ2) is 9.98. The summed E-state index contributed by atoms with van der Waals surface area (Å²) in [7, 11) is 0. The number of ether oxygens (including phenoxy) is 1. The van der Waals surface area contributed by atoms with Crippen molar-refractivity contribution in [3.8, 4) is 11.1 Å². The van der Waals surface area contributed by atoms with E-state index in [1.807, 2.05) is 34.9 Å². The lowest BCUT2D eigenvalue weighted by atomic mass is 9.96. The van der Waals surface area contributed by atoms with Gasteiger partial charge in [-0.25, -0.2) is 18.7 Å². The first-order valence-electron chi connectivity index (χ1n) is 12.0. The number of aryl methyl sites for hydroxylation is 1. The highest BCUT2D eigenvalue weighted by atomic mass is 19.3. The Labute approximate surface area is 213 Å². The molecule has 5 heterocycles. The number of nitrogens with zero attached hydrogens (tertiary/aromatic N) is 5. The molecule has 0 aliphatic carbocycles. The number of amides is 1. The van der Waals surface area contributed by atoms with Crippen LogP contribution in [0.15, 0.2) is 42.7 Å². The predicted molar refractivity (Wildman–Crippen MR) is 135 cm³/mol. The van der Waals surface area contributed by atoms with E-state index in [-0.39, 0.29) is 5.56 Å². The number of aromatic nitrogens is 3. The van der Waals surface area contributed by atoms with E-state index in [4.69, 9.17) is 9.72 Å². The molecule has 0 aromatic carbocycles. The monoisotopic (exact) mass is 510 g/mol. The number of halogens is 2. The molecule has 3 aromatic rings. The third kappa shape index (κ3) is 5.37. The summed E-state index contributed by atoms with van der Waals surface area (Å²) in [5, 5.41) is 13.0. The molecular formula is C26H28F2N6O3. The summed E-state index contributed by atoms with van der Waals surface area (Å²) in [6.45, 7) is 6.94. The number of carbonyl (C=O) groups is 1. The molecule has 2 N–H and O–H groups in total. The summed E-state index contributed by atoms with van der Waals surface area (Å²) in [5.41, 5.74) is 1.77. The Balaban J connectivity index is 1.50. The van der Waals surface area contributed by atoms with Gasteiger partial charge in [0.05, 0.1) is 24.5 Å². The molecule has 0 unspecified atom stereocenters. The van der Waals surface area contributed by atoms with Gasteiger partial charge in [-0.3, -0.25) is 9.78 Å². The summed E-state index contributed by atoms with van der Waals surface area (Å²) in [4.78, 5) is 30.1. The fourth-order valence-electron chi connectivity index (χ4n) is 4.59. The van der Waals surface area contributed by atoms with Crippen molar-refractivity contribution in [2.45, 2.75) is 25.9 Å². The number of carbonyl (C=O) groups excluding carboxylic acids is 1. The first-order valence-corrected chi connectivity index (χ1v) is 12.0. The third-order valence-corrected chi connectivity index (χ3v) is 6.46.